The van der Waals surface area contributed by atoms with Gasteiger partial charge in [-0.1, -0.05) is 17.7 Å². The molecule has 1 amide bonds. The van der Waals surface area contributed by atoms with E-state index in [2.05, 4.69) is 5.32 Å². The molecule has 0 atom stereocenters. The number of hydrogen-bond acceptors (Lipinski definition) is 3. The van der Waals surface area contributed by atoms with Gasteiger partial charge in [0.25, 0.3) is 0 Å². The zero-order chi connectivity index (χ0) is 14.5. The number of nitrogen functional groups attached to an aromatic ring is 1. The molecule has 2 rings (SSSR count). The van der Waals surface area contributed by atoms with Crippen molar-refractivity contribution in [3.8, 4) is 0 Å². The van der Waals surface area contributed by atoms with E-state index in [0.29, 0.717) is 21.3 Å². The lowest BCUT2D eigenvalue weighted by atomic mass is 10.3. The Balaban J connectivity index is 1.92. The number of anilines is 2. The number of amides is 1. The normalized spacial score (nSPS) is 10.3. The minimum Gasteiger partial charge on any atom is -0.399 e. The van der Waals surface area contributed by atoms with E-state index in [1.54, 1.807) is 30.3 Å². The Morgan fingerprint density at radius 2 is 2.10 bits per heavy atom. The molecule has 0 aliphatic rings. The third-order valence-corrected chi connectivity index (χ3v) is 3.58. The Hall–Kier alpha value is -1.72. The van der Waals surface area contributed by atoms with E-state index < -0.39 is 5.82 Å². The van der Waals surface area contributed by atoms with Crippen LogP contribution in [0.5, 0.6) is 0 Å². The Labute approximate surface area is 125 Å². The summed E-state index contributed by atoms with van der Waals surface area (Å²) >= 11 is 7.04. The maximum absolute atomic E-state index is 13.1. The summed E-state index contributed by atoms with van der Waals surface area (Å²) in [5.41, 5.74) is 6.50. The van der Waals surface area contributed by atoms with Crippen molar-refractivity contribution in [2.24, 2.45) is 0 Å². The Morgan fingerprint density at radius 1 is 1.30 bits per heavy atom. The molecule has 0 aliphatic heterocycles. The summed E-state index contributed by atoms with van der Waals surface area (Å²) in [4.78, 5) is 12.4. The molecule has 0 aromatic heterocycles. The lowest BCUT2D eigenvalue weighted by molar-refractivity contribution is -0.113. The Morgan fingerprint density at radius 3 is 2.80 bits per heavy atom. The number of carbonyl (C=O) groups excluding carboxylic acids is 1. The Bertz CT molecular complexity index is 616. The number of halogens is 2. The van der Waals surface area contributed by atoms with Gasteiger partial charge >= 0.3 is 0 Å². The quantitative estimate of drug-likeness (QED) is 0.667. The van der Waals surface area contributed by atoms with Crippen LogP contribution in [0.25, 0.3) is 0 Å². The molecular weight excluding hydrogens is 299 g/mol. The molecule has 0 spiro atoms. The van der Waals surface area contributed by atoms with E-state index in [9.17, 15) is 9.18 Å². The van der Waals surface area contributed by atoms with Crippen molar-refractivity contribution in [3.05, 3.63) is 53.3 Å². The van der Waals surface area contributed by atoms with Crippen LogP contribution in [0.15, 0.2) is 47.4 Å². The van der Waals surface area contributed by atoms with E-state index in [0.717, 1.165) is 0 Å². The third-order valence-electron chi connectivity index (χ3n) is 2.37. The van der Waals surface area contributed by atoms with E-state index in [1.165, 1.54) is 23.9 Å². The summed E-state index contributed by atoms with van der Waals surface area (Å²) in [6, 6.07) is 11.1. The molecule has 2 aromatic rings. The van der Waals surface area contributed by atoms with Crippen molar-refractivity contribution in [1.29, 1.82) is 0 Å². The molecule has 6 heteroatoms. The largest absolute Gasteiger partial charge is 0.399 e. The fourth-order valence-electron chi connectivity index (χ4n) is 1.58. The summed E-state index contributed by atoms with van der Waals surface area (Å²) in [7, 11) is 0. The highest BCUT2D eigenvalue weighted by Gasteiger charge is 2.05. The molecule has 3 N–H and O–H groups in total. The smallest absolute Gasteiger partial charge is 0.234 e. The topological polar surface area (TPSA) is 55.1 Å². The monoisotopic (exact) mass is 310 g/mol. The molecule has 0 saturated carbocycles. The van der Waals surface area contributed by atoms with Gasteiger partial charge in [0.1, 0.15) is 5.82 Å². The summed E-state index contributed by atoms with van der Waals surface area (Å²) in [6.45, 7) is 0. The number of nitrogens with one attached hydrogen (secondary N) is 1. The van der Waals surface area contributed by atoms with E-state index in [1.807, 2.05) is 0 Å². The van der Waals surface area contributed by atoms with Crippen molar-refractivity contribution in [2.75, 3.05) is 16.8 Å². The van der Waals surface area contributed by atoms with E-state index in [-0.39, 0.29) is 11.7 Å². The second-order valence-electron chi connectivity index (χ2n) is 4.07. The maximum atomic E-state index is 13.1. The number of nitrogens with two attached hydrogens (primary N) is 1. The molecular formula is C14H12ClFN2OS. The predicted octanol–water partition coefficient (Wildman–Crippen LogP) is 3.79. The molecule has 0 radical (unpaired) electrons. The first-order chi connectivity index (χ1) is 9.52. The average Bonchev–Trinajstić information content (AvgIpc) is 2.35. The summed E-state index contributed by atoms with van der Waals surface area (Å²) in [5, 5.41) is 3.26. The van der Waals surface area contributed by atoms with Gasteiger partial charge in [0.05, 0.1) is 5.75 Å². The standard InChI is InChI=1S/C14H12ClFN2OS/c15-9-2-1-3-12(4-9)18-14(19)8-20-13-6-10(16)5-11(17)7-13/h1-7H,8,17H2,(H,18,19). The van der Waals surface area contributed by atoms with Gasteiger partial charge in [-0.25, -0.2) is 4.39 Å². The first kappa shape index (κ1) is 14.7. The van der Waals surface area contributed by atoms with Gasteiger partial charge in [0.2, 0.25) is 5.91 Å². The number of hydrogen-bond donors (Lipinski definition) is 2. The highest BCUT2D eigenvalue weighted by Crippen LogP contribution is 2.22. The van der Waals surface area contributed by atoms with Crippen LogP contribution in [0.4, 0.5) is 15.8 Å². The predicted molar refractivity (Wildman–Crippen MR) is 81.6 cm³/mol. The molecule has 0 unspecified atom stereocenters. The van der Waals surface area contributed by atoms with Gasteiger partial charge in [-0.15, -0.1) is 11.8 Å². The van der Waals surface area contributed by atoms with Crippen molar-refractivity contribution in [1.82, 2.24) is 0 Å². The Kier molecular flexibility index (Phi) is 4.87. The van der Waals surface area contributed by atoms with Crippen LogP contribution in [-0.2, 0) is 4.79 Å². The highest BCUT2D eigenvalue weighted by atomic mass is 35.5. The van der Waals surface area contributed by atoms with Crippen molar-refractivity contribution < 1.29 is 9.18 Å². The molecule has 3 nitrogen and oxygen atoms in total. The van der Waals surface area contributed by atoms with Gasteiger partial charge in [0, 0.05) is 21.3 Å². The van der Waals surface area contributed by atoms with Crippen molar-refractivity contribution in [3.63, 3.8) is 0 Å². The van der Waals surface area contributed by atoms with Gasteiger partial charge in [-0.05, 0) is 36.4 Å². The van der Waals surface area contributed by atoms with Crippen LogP contribution in [0.2, 0.25) is 5.02 Å². The molecule has 0 bridgehead atoms. The lowest BCUT2D eigenvalue weighted by Crippen LogP contribution is -2.13. The fourth-order valence-corrected chi connectivity index (χ4v) is 2.56. The number of rotatable bonds is 4. The van der Waals surface area contributed by atoms with E-state index in [4.69, 9.17) is 17.3 Å². The molecule has 2 aromatic carbocycles. The zero-order valence-corrected chi connectivity index (χ0v) is 12.0. The summed E-state index contributed by atoms with van der Waals surface area (Å²) in [5.74, 6) is -0.446. The van der Waals surface area contributed by atoms with Gasteiger partial charge in [0.15, 0.2) is 0 Å². The SMILES string of the molecule is Nc1cc(F)cc(SCC(=O)Nc2cccc(Cl)c2)c1. The molecule has 0 aliphatic carbocycles. The maximum Gasteiger partial charge on any atom is 0.234 e. The van der Waals surface area contributed by atoms with Crippen LogP contribution < -0.4 is 11.1 Å². The molecule has 104 valence electrons. The molecule has 0 saturated heterocycles. The molecule has 20 heavy (non-hydrogen) atoms. The number of carbonyl (C=O) groups is 1. The minimum absolute atomic E-state index is 0.162. The van der Waals surface area contributed by atoms with Crippen molar-refractivity contribution >= 4 is 40.6 Å². The highest BCUT2D eigenvalue weighted by molar-refractivity contribution is 8.00. The second kappa shape index (κ2) is 6.63. The van der Waals surface area contributed by atoms with Crippen LogP contribution in [0, 0.1) is 5.82 Å². The first-order valence-corrected chi connectivity index (χ1v) is 7.13. The number of thioether (sulfide) groups is 1. The zero-order valence-electron chi connectivity index (χ0n) is 10.4. The average molecular weight is 311 g/mol. The molecule has 0 fully saturated rings. The lowest BCUT2D eigenvalue weighted by Gasteiger charge is -2.06. The van der Waals surface area contributed by atoms with Gasteiger partial charge in [-0.3, -0.25) is 4.79 Å². The van der Waals surface area contributed by atoms with Crippen LogP contribution in [0.3, 0.4) is 0 Å². The van der Waals surface area contributed by atoms with Gasteiger partial charge < -0.3 is 11.1 Å². The van der Waals surface area contributed by atoms with Crippen LogP contribution >= 0.6 is 23.4 Å². The second-order valence-corrected chi connectivity index (χ2v) is 5.55. The van der Waals surface area contributed by atoms with Crippen LogP contribution in [0.1, 0.15) is 0 Å². The van der Waals surface area contributed by atoms with Crippen molar-refractivity contribution in [2.45, 2.75) is 4.90 Å². The third kappa shape index (κ3) is 4.43. The van der Waals surface area contributed by atoms with Gasteiger partial charge in [-0.2, -0.15) is 0 Å². The molecule has 0 heterocycles. The summed E-state index contributed by atoms with van der Waals surface area (Å²) < 4.78 is 13.1. The first-order valence-electron chi connectivity index (χ1n) is 5.77. The fraction of sp³-hybridized carbons (Fsp3) is 0.0714. The van der Waals surface area contributed by atoms with Crippen LogP contribution in [-0.4, -0.2) is 11.7 Å². The van der Waals surface area contributed by atoms with E-state index >= 15 is 0 Å². The summed E-state index contributed by atoms with van der Waals surface area (Å²) in [6.07, 6.45) is 0. The number of benzene rings is 2. The minimum atomic E-state index is -0.414.